The molecule has 0 aliphatic carbocycles. The van der Waals surface area contributed by atoms with Gasteiger partial charge >= 0.3 is 0 Å². The number of carbonyl (C=O) groups excluding carboxylic acids is 1. The molecule has 2 rings (SSSR count). The normalized spacial score (nSPS) is 10.5. The number of aromatic nitrogens is 2. The summed E-state index contributed by atoms with van der Waals surface area (Å²) >= 11 is 0.917. The third-order valence-electron chi connectivity index (χ3n) is 3.06. The van der Waals surface area contributed by atoms with Gasteiger partial charge in [0.25, 0.3) is 5.56 Å². The van der Waals surface area contributed by atoms with Crippen molar-refractivity contribution in [3.8, 4) is 11.5 Å². The topological polar surface area (TPSA) is 93.5 Å². The van der Waals surface area contributed by atoms with E-state index in [1.54, 1.807) is 18.2 Å². The van der Waals surface area contributed by atoms with Crippen molar-refractivity contribution >= 4 is 28.6 Å². The summed E-state index contributed by atoms with van der Waals surface area (Å²) < 4.78 is 11.8. The Morgan fingerprint density at radius 2 is 2.04 bits per heavy atom. The molecule has 0 aliphatic heterocycles. The molecule has 0 fully saturated rings. The van der Waals surface area contributed by atoms with Gasteiger partial charge in [-0.1, -0.05) is 17.8 Å². The number of ether oxygens (including phenoxy) is 2. The molecule has 0 unspecified atom stereocenters. The van der Waals surface area contributed by atoms with E-state index in [0.717, 1.165) is 11.8 Å². The molecule has 0 amide bonds. The highest BCUT2D eigenvalue weighted by atomic mass is 32.2. The average Bonchev–Trinajstić information content (AvgIpc) is 2.54. The van der Waals surface area contributed by atoms with Crippen LogP contribution >= 0.6 is 11.8 Å². The van der Waals surface area contributed by atoms with Gasteiger partial charge in [0.2, 0.25) is 0 Å². The van der Waals surface area contributed by atoms with Crippen LogP contribution in [0, 0.1) is 0 Å². The Kier molecular flexibility index (Phi) is 5.28. The molecule has 8 heteroatoms. The lowest BCUT2D eigenvalue weighted by atomic mass is 10.2. The maximum atomic E-state index is 12.7. The fraction of sp³-hybridized carbons (Fsp3) is 0.267. The number of carbonyl (C=O) groups is 1. The van der Waals surface area contributed by atoms with Crippen molar-refractivity contribution in [3.05, 3.63) is 35.1 Å². The van der Waals surface area contributed by atoms with Gasteiger partial charge in [-0.05, 0) is 6.07 Å². The van der Waals surface area contributed by atoms with Gasteiger partial charge in [0.05, 0.1) is 31.1 Å². The Morgan fingerprint density at radius 1 is 1.39 bits per heavy atom. The molecular formula is C15H15N2O5S-. The summed E-state index contributed by atoms with van der Waals surface area (Å²) in [6, 6.07) is 3.13. The van der Waals surface area contributed by atoms with Gasteiger partial charge in [-0.25, -0.2) is 4.98 Å². The molecule has 2 aromatic rings. The van der Waals surface area contributed by atoms with E-state index < -0.39 is 5.97 Å². The van der Waals surface area contributed by atoms with Crippen molar-refractivity contribution in [1.29, 1.82) is 0 Å². The second kappa shape index (κ2) is 7.19. The number of rotatable bonds is 7. The Balaban J connectivity index is 2.70. The second-order valence-corrected chi connectivity index (χ2v) is 5.43. The van der Waals surface area contributed by atoms with Crippen LogP contribution in [-0.2, 0) is 11.3 Å². The minimum absolute atomic E-state index is 0.214. The van der Waals surface area contributed by atoms with Crippen molar-refractivity contribution in [1.82, 2.24) is 9.55 Å². The number of fused-ring (bicyclic) bond motifs is 1. The Bertz CT molecular complexity index is 816. The number of thioether (sulfide) groups is 1. The van der Waals surface area contributed by atoms with Gasteiger partial charge in [-0.2, -0.15) is 0 Å². The molecule has 0 aliphatic rings. The lowest BCUT2D eigenvalue weighted by Crippen LogP contribution is -2.26. The second-order valence-electron chi connectivity index (χ2n) is 4.48. The van der Waals surface area contributed by atoms with E-state index in [-0.39, 0.29) is 23.0 Å². The quantitative estimate of drug-likeness (QED) is 0.412. The Labute approximate surface area is 136 Å². The molecule has 0 N–H and O–H groups in total. The van der Waals surface area contributed by atoms with Crippen molar-refractivity contribution in [2.75, 3.05) is 20.0 Å². The lowest BCUT2D eigenvalue weighted by Gasteiger charge is -2.13. The van der Waals surface area contributed by atoms with E-state index in [1.807, 2.05) is 0 Å². The zero-order valence-electron chi connectivity index (χ0n) is 12.7. The molecule has 1 aromatic carbocycles. The molecule has 23 heavy (non-hydrogen) atoms. The SMILES string of the molecule is C=CCn1c(SCC(=O)[O-])nc2cc(OC)c(OC)cc2c1=O. The number of hydrogen-bond donors (Lipinski definition) is 0. The van der Waals surface area contributed by atoms with Crippen molar-refractivity contribution in [2.24, 2.45) is 0 Å². The fourth-order valence-corrected chi connectivity index (χ4v) is 2.77. The van der Waals surface area contributed by atoms with Crippen molar-refractivity contribution < 1.29 is 19.4 Å². The monoisotopic (exact) mass is 335 g/mol. The molecule has 7 nitrogen and oxygen atoms in total. The van der Waals surface area contributed by atoms with Crippen LogP contribution in [0.2, 0.25) is 0 Å². The standard InChI is InChI=1S/C15H16N2O5S/c1-4-5-17-14(20)9-6-11(21-2)12(22-3)7-10(9)16-15(17)23-8-13(18)19/h4,6-7H,1,5,8H2,2-3H3,(H,18,19)/p-1. The van der Waals surface area contributed by atoms with Gasteiger partial charge in [0.1, 0.15) is 0 Å². The maximum absolute atomic E-state index is 12.7. The van der Waals surface area contributed by atoms with Gasteiger partial charge in [0.15, 0.2) is 16.7 Å². The minimum Gasteiger partial charge on any atom is -0.549 e. The largest absolute Gasteiger partial charge is 0.549 e. The van der Waals surface area contributed by atoms with E-state index >= 15 is 0 Å². The molecule has 1 heterocycles. The van der Waals surface area contributed by atoms with Gasteiger partial charge in [0, 0.05) is 18.4 Å². The number of carboxylic acid groups (broad SMARTS) is 1. The molecule has 0 bridgehead atoms. The van der Waals surface area contributed by atoms with Crippen LogP contribution in [0.25, 0.3) is 10.9 Å². The zero-order valence-corrected chi connectivity index (χ0v) is 13.5. The Hall–Kier alpha value is -2.48. The molecule has 0 saturated heterocycles. The summed E-state index contributed by atoms with van der Waals surface area (Å²) in [4.78, 5) is 27.7. The predicted octanol–water partition coefficient (Wildman–Crippen LogP) is 0.442. The minimum atomic E-state index is -1.23. The first kappa shape index (κ1) is 16.9. The number of carboxylic acids is 1. The number of methoxy groups -OCH3 is 2. The number of allylic oxidation sites excluding steroid dienone is 1. The maximum Gasteiger partial charge on any atom is 0.262 e. The molecule has 0 radical (unpaired) electrons. The summed E-state index contributed by atoms with van der Waals surface area (Å²) in [5.74, 6) is -0.687. The smallest absolute Gasteiger partial charge is 0.262 e. The van der Waals surface area contributed by atoms with E-state index in [2.05, 4.69) is 11.6 Å². The van der Waals surface area contributed by atoms with E-state index in [0.29, 0.717) is 22.4 Å². The van der Waals surface area contributed by atoms with E-state index in [9.17, 15) is 14.7 Å². The molecule has 0 spiro atoms. The zero-order chi connectivity index (χ0) is 17.0. The molecule has 0 atom stereocenters. The highest BCUT2D eigenvalue weighted by Crippen LogP contribution is 2.31. The van der Waals surface area contributed by atoms with Gasteiger partial charge in [-0.3, -0.25) is 9.36 Å². The van der Waals surface area contributed by atoms with E-state index in [1.165, 1.54) is 18.8 Å². The van der Waals surface area contributed by atoms with Gasteiger partial charge < -0.3 is 19.4 Å². The van der Waals surface area contributed by atoms with Crippen LogP contribution in [0.15, 0.2) is 34.7 Å². The summed E-state index contributed by atoms with van der Waals surface area (Å²) in [5.41, 5.74) is 0.0884. The summed E-state index contributed by atoms with van der Waals surface area (Å²) in [5, 5.41) is 11.3. The summed E-state index contributed by atoms with van der Waals surface area (Å²) in [7, 11) is 2.96. The lowest BCUT2D eigenvalue weighted by molar-refractivity contribution is -0.301. The first-order chi connectivity index (χ1) is 11.0. The van der Waals surface area contributed by atoms with Crippen LogP contribution in [0.3, 0.4) is 0 Å². The average molecular weight is 335 g/mol. The van der Waals surface area contributed by atoms with Crippen LogP contribution < -0.4 is 20.1 Å². The molecule has 122 valence electrons. The predicted molar refractivity (Wildman–Crippen MR) is 85.0 cm³/mol. The highest BCUT2D eigenvalue weighted by Gasteiger charge is 2.14. The third kappa shape index (κ3) is 3.48. The first-order valence-electron chi connectivity index (χ1n) is 6.62. The van der Waals surface area contributed by atoms with Crippen molar-refractivity contribution in [2.45, 2.75) is 11.7 Å². The van der Waals surface area contributed by atoms with Crippen LogP contribution in [0.5, 0.6) is 11.5 Å². The number of nitrogens with zero attached hydrogens (tertiary/aromatic N) is 2. The number of aliphatic carboxylic acids is 1. The third-order valence-corrected chi connectivity index (χ3v) is 4.01. The fourth-order valence-electron chi connectivity index (χ4n) is 2.05. The number of benzene rings is 1. The first-order valence-corrected chi connectivity index (χ1v) is 7.60. The highest BCUT2D eigenvalue weighted by molar-refractivity contribution is 7.99. The summed E-state index contributed by atoms with van der Waals surface area (Å²) in [6.07, 6.45) is 1.54. The summed E-state index contributed by atoms with van der Waals surface area (Å²) in [6.45, 7) is 3.82. The molecule has 1 aromatic heterocycles. The van der Waals surface area contributed by atoms with Crippen LogP contribution in [-0.4, -0.2) is 35.5 Å². The molecule has 0 saturated carbocycles. The van der Waals surface area contributed by atoms with Crippen molar-refractivity contribution in [3.63, 3.8) is 0 Å². The van der Waals surface area contributed by atoms with Crippen LogP contribution in [0.4, 0.5) is 0 Å². The van der Waals surface area contributed by atoms with Gasteiger partial charge in [-0.15, -0.1) is 6.58 Å². The van der Waals surface area contributed by atoms with Crippen LogP contribution in [0.1, 0.15) is 0 Å². The number of hydrogen-bond acceptors (Lipinski definition) is 7. The molecular weight excluding hydrogens is 320 g/mol. The Morgan fingerprint density at radius 3 is 2.61 bits per heavy atom. The van der Waals surface area contributed by atoms with E-state index in [4.69, 9.17) is 9.47 Å².